The molecule has 0 saturated carbocycles. The zero-order valence-electron chi connectivity index (χ0n) is 24.1. The van der Waals surface area contributed by atoms with Gasteiger partial charge in [0.1, 0.15) is 0 Å². The maximum atomic E-state index is 12.4. The smallest absolute Gasteiger partial charge is 0.343 e. The minimum absolute atomic E-state index is 0.128. The van der Waals surface area contributed by atoms with E-state index in [0.29, 0.717) is 29.9 Å². The van der Waals surface area contributed by atoms with E-state index in [4.69, 9.17) is 9.47 Å². The first-order valence-corrected chi connectivity index (χ1v) is 14.7. The molecule has 0 bridgehead atoms. The van der Waals surface area contributed by atoms with Crippen molar-refractivity contribution >= 4 is 24.0 Å². The number of hydrogen-bond donors (Lipinski definition) is 2. The Morgan fingerprint density at radius 1 is 0.775 bits per heavy atom. The van der Waals surface area contributed by atoms with Crippen LogP contribution in [0.15, 0.2) is 53.6 Å². The third-order valence-electron chi connectivity index (χ3n) is 6.34. The number of carbonyl (C=O) groups excluding carboxylic acids is 3. The molecule has 0 atom stereocenters. The van der Waals surface area contributed by atoms with Crippen LogP contribution in [0.5, 0.6) is 11.5 Å². The van der Waals surface area contributed by atoms with E-state index in [-0.39, 0.29) is 18.2 Å². The average Bonchev–Trinajstić information content (AvgIpc) is 2.96. The molecule has 0 saturated heterocycles. The fourth-order valence-corrected chi connectivity index (χ4v) is 4.13. The molecule has 8 nitrogen and oxygen atoms in total. The summed E-state index contributed by atoms with van der Waals surface area (Å²) in [7, 11) is 0. The van der Waals surface area contributed by atoms with Crippen molar-refractivity contribution < 1.29 is 23.9 Å². The second-order valence-corrected chi connectivity index (χ2v) is 9.75. The summed E-state index contributed by atoms with van der Waals surface area (Å²) >= 11 is 0. The first-order chi connectivity index (χ1) is 19.5. The van der Waals surface area contributed by atoms with Crippen molar-refractivity contribution in [3.63, 3.8) is 0 Å². The van der Waals surface area contributed by atoms with Gasteiger partial charge in [-0.2, -0.15) is 5.10 Å². The Kier molecular flexibility index (Phi) is 16.5. The molecular formula is C32H45N3O5. The van der Waals surface area contributed by atoms with Crippen LogP contribution >= 0.6 is 0 Å². The van der Waals surface area contributed by atoms with Crippen molar-refractivity contribution in [2.24, 2.45) is 5.10 Å². The van der Waals surface area contributed by atoms with Crippen LogP contribution in [0.2, 0.25) is 0 Å². The van der Waals surface area contributed by atoms with Crippen LogP contribution in [0.4, 0.5) is 0 Å². The van der Waals surface area contributed by atoms with E-state index >= 15 is 0 Å². The quantitative estimate of drug-likeness (QED) is 0.0636. The number of carbonyl (C=O) groups is 3. The van der Waals surface area contributed by atoms with Crippen molar-refractivity contribution in [3.8, 4) is 11.5 Å². The van der Waals surface area contributed by atoms with E-state index in [1.54, 1.807) is 42.5 Å². The summed E-state index contributed by atoms with van der Waals surface area (Å²) in [5, 5.41) is 6.59. The number of nitrogens with one attached hydrogen (secondary N) is 2. The monoisotopic (exact) mass is 551 g/mol. The van der Waals surface area contributed by atoms with Gasteiger partial charge in [-0.05, 0) is 49.2 Å². The van der Waals surface area contributed by atoms with Crippen molar-refractivity contribution in [2.45, 2.75) is 90.9 Å². The van der Waals surface area contributed by atoms with E-state index in [1.165, 1.54) is 57.6 Å². The number of nitrogens with zero attached hydrogens (tertiary/aromatic N) is 1. The lowest BCUT2D eigenvalue weighted by Crippen LogP contribution is -2.34. The molecular weight excluding hydrogens is 506 g/mol. The lowest BCUT2D eigenvalue weighted by molar-refractivity contribution is -0.126. The Balaban J connectivity index is 1.64. The van der Waals surface area contributed by atoms with Gasteiger partial charge in [0.15, 0.2) is 11.5 Å². The SMILES string of the molecule is CCCCCCCCCCCCCC(=O)NCC(=O)N/N=C\c1ccc(OC(=O)c2ccccc2)c(OCC)c1. The zero-order chi connectivity index (χ0) is 28.8. The lowest BCUT2D eigenvalue weighted by atomic mass is 10.1. The first kappa shape index (κ1) is 32.5. The summed E-state index contributed by atoms with van der Waals surface area (Å²) in [4.78, 5) is 36.5. The summed E-state index contributed by atoms with van der Waals surface area (Å²) in [5.74, 6) is -0.353. The second kappa shape index (κ2) is 20.3. The molecule has 0 fully saturated rings. The van der Waals surface area contributed by atoms with Gasteiger partial charge in [-0.1, -0.05) is 89.3 Å². The highest BCUT2D eigenvalue weighted by atomic mass is 16.6. The topological polar surface area (TPSA) is 106 Å². The predicted octanol–water partition coefficient (Wildman–Crippen LogP) is 6.57. The summed E-state index contributed by atoms with van der Waals surface area (Å²) in [5.41, 5.74) is 3.48. The van der Waals surface area contributed by atoms with E-state index in [9.17, 15) is 14.4 Å². The molecule has 2 aromatic rings. The standard InChI is InChI=1S/C32H45N3O5/c1-3-5-6-7-8-9-10-11-12-13-17-20-30(36)33-25-31(37)35-34-24-26-21-22-28(29(23-26)39-4-2)40-32(38)27-18-15-14-16-19-27/h14-16,18-19,21-24H,3-13,17,20,25H2,1-2H3,(H,33,36)(H,35,37)/b34-24-. The Morgan fingerprint density at radius 2 is 1.43 bits per heavy atom. The van der Waals surface area contributed by atoms with E-state index in [1.807, 2.05) is 13.0 Å². The van der Waals surface area contributed by atoms with Crippen LogP contribution in [0.25, 0.3) is 0 Å². The molecule has 0 aliphatic heterocycles. The van der Waals surface area contributed by atoms with Gasteiger partial charge in [-0.15, -0.1) is 0 Å². The third kappa shape index (κ3) is 13.9. The van der Waals surface area contributed by atoms with Gasteiger partial charge in [0.25, 0.3) is 5.91 Å². The molecule has 0 unspecified atom stereocenters. The van der Waals surface area contributed by atoms with Crippen LogP contribution in [0.1, 0.15) is 107 Å². The maximum absolute atomic E-state index is 12.4. The average molecular weight is 552 g/mol. The molecule has 0 aliphatic rings. The zero-order valence-corrected chi connectivity index (χ0v) is 24.1. The molecule has 2 N–H and O–H groups in total. The summed E-state index contributed by atoms with van der Waals surface area (Å²) < 4.78 is 11.1. The summed E-state index contributed by atoms with van der Waals surface area (Å²) in [6.45, 7) is 4.32. The summed E-state index contributed by atoms with van der Waals surface area (Å²) in [6, 6.07) is 13.7. The highest BCUT2D eigenvalue weighted by Crippen LogP contribution is 2.29. The number of rotatable bonds is 20. The molecule has 8 heteroatoms. The van der Waals surface area contributed by atoms with Crippen LogP contribution < -0.4 is 20.2 Å². The highest BCUT2D eigenvalue weighted by Gasteiger charge is 2.13. The first-order valence-electron chi connectivity index (χ1n) is 14.7. The normalized spacial score (nSPS) is 10.8. The van der Waals surface area contributed by atoms with E-state index in [0.717, 1.165) is 19.3 Å². The number of amides is 2. The third-order valence-corrected chi connectivity index (χ3v) is 6.34. The number of esters is 1. The highest BCUT2D eigenvalue weighted by molar-refractivity contribution is 5.91. The Hall–Kier alpha value is -3.68. The molecule has 40 heavy (non-hydrogen) atoms. The molecule has 0 aromatic heterocycles. The second-order valence-electron chi connectivity index (χ2n) is 9.75. The molecule has 2 rings (SSSR count). The van der Waals surface area contributed by atoms with Gasteiger partial charge in [-0.3, -0.25) is 9.59 Å². The number of unbranched alkanes of at least 4 members (excludes halogenated alkanes) is 10. The largest absolute Gasteiger partial charge is 0.490 e. The molecule has 0 radical (unpaired) electrons. The molecule has 0 heterocycles. The van der Waals surface area contributed by atoms with Crippen molar-refractivity contribution in [1.82, 2.24) is 10.7 Å². The van der Waals surface area contributed by atoms with Crippen LogP contribution in [-0.4, -0.2) is 37.1 Å². The van der Waals surface area contributed by atoms with Gasteiger partial charge in [0.2, 0.25) is 5.91 Å². The van der Waals surface area contributed by atoms with Crippen molar-refractivity contribution in [2.75, 3.05) is 13.2 Å². The van der Waals surface area contributed by atoms with Crippen LogP contribution in [0, 0.1) is 0 Å². The predicted molar refractivity (Wildman–Crippen MR) is 159 cm³/mol. The van der Waals surface area contributed by atoms with Gasteiger partial charge in [0, 0.05) is 6.42 Å². The fourth-order valence-electron chi connectivity index (χ4n) is 4.13. The molecule has 2 aromatic carbocycles. The van der Waals surface area contributed by atoms with Gasteiger partial charge in [-0.25, -0.2) is 10.2 Å². The molecule has 0 aliphatic carbocycles. The minimum atomic E-state index is -0.485. The van der Waals surface area contributed by atoms with Crippen LogP contribution in [0.3, 0.4) is 0 Å². The number of ether oxygens (including phenoxy) is 2. The van der Waals surface area contributed by atoms with Crippen LogP contribution in [-0.2, 0) is 9.59 Å². The summed E-state index contributed by atoms with van der Waals surface area (Å²) in [6.07, 6.45) is 15.4. The Bertz CT molecular complexity index is 1060. The number of hydrazone groups is 1. The molecule has 218 valence electrons. The van der Waals surface area contributed by atoms with E-state index in [2.05, 4.69) is 22.8 Å². The maximum Gasteiger partial charge on any atom is 0.343 e. The fraction of sp³-hybridized carbons (Fsp3) is 0.500. The van der Waals surface area contributed by atoms with Gasteiger partial charge < -0.3 is 14.8 Å². The minimum Gasteiger partial charge on any atom is -0.490 e. The lowest BCUT2D eigenvalue weighted by Gasteiger charge is -2.11. The Labute approximate surface area is 238 Å². The van der Waals surface area contributed by atoms with Gasteiger partial charge >= 0.3 is 5.97 Å². The number of hydrogen-bond acceptors (Lipinski definition) is 6. The molecule has 0 spiro atoms. The molecule has 2 amide bonds. The van der Waals surface area contributed by atoms with E-state index < -0.39 is 11.9 Å². The Morgan fingerprint density at radius 3 is 2.08 bits per heavy atom. The van der Waals surface area contributed by atoms with Crippen molar-refractivity contribution in [3.05, 3.63) is 59.7 Å². The van der Waals surface area contributed by atoms with Crippen molar-refractivity contribution in [1.29, 1.82) is 0 Å². The number of benzene rings is 2. The van der Waals surface area contributed by atoms with Gasteiger partial charge in [0.05, 0.1) is 24.9 Å².